The molecule has 0 unspecified atom stereocenters. The molecular weight excluding hydrogens is 469 g/mol. The van der Waals surface area contributed by atoms with Gasteiger partial charge in [0, 0.05) is 27.6 Å². The lowest BCUT2D eigenvalue weighted by Crippen LogP contribution is -2.02. The highest BCUT2D eigenvalue weighted by Gasteiger charge is 2.14. The van der Waals surface area contributed by atoms with E-state index in [2.05, 4.69) is 43.5 Å². The summed E-state index contributed by atoms with van der Waals surface area (Å²) >= 11 is 11.3. The minimum absolute atomic E-state index is 0.299. The second kappa shape index (κ2) is 6.22. The molecule has 0 radical (unpaired) electrons. The molecule has 1 heterocycles. The van der Waals surface area contributed by atoms with Gasteiger partial charge in [-0.15, -0.1) is 11.6 Å². The van der Waals surface area contributed by atoms with Crippen molar-refractivity contribution in [3.63, 3.8) is 0 Å². The van der Waals surface area contributed by atoms with Crippen LogP contribution in [0, 0.1) is 9.39 Å². The summed E-state index contributed by atoms with van der Waals surface area (Å²) in [6.07, 6.45) is 0.626. The highest BCUT2D eigenvalue weighted by Crippen LogP contribution is 2.27. The maximum Gasteiger partial charge on any atom is 0.139 e. The number of fused-ring (bicyclic) bond motifs is 1. The molecule has 0 bridgehead atoms. The van der Waals surface area contributed by atoms with E-state index in [0.29, 0.717) is 16.8 Å². The maximum atomic E-state index is 13.9. The van der Waals surface area contributed by atoms with Gasteiger partial charge < -0.3 is 0 Å². The summed E-state index contributed by atoms with van der Waals surface area (Å²) in [6, 6.07) is 11.2. The molecule has 0 atom stereocenters. The van der Waals surface area contributed by atoms with Crippen LogP contribution in [0.2, 0.25) is 0 Å². The number of aryl methyl sites for hydroxylation is 1. The Bertz CT molecular complexity index is 819. The van der Waals surface area contributed by atoms with E-state index in [1.54, 1.807) is 6.07 Å². The van der Waals surface area contributed by atoms with Crippen LogP contribution in [0.25, 0.3) is 16.7 Å². The van der Waals surface area contributed by atoms with E-state index in [4.69, 9.17) is 11.6 Å². The number of aromatic nitrogens is 2. The number of hydrogen-bond donors (Lipinski definition) is 0. The van der Waals surface area contributed by atoms with Crippen molar-refractivity contribution in [2.24, 2.45) is 0 Å². The van der Waals surface area contributed by atoms with Gasteiger partial charge in [0.25, 0.3) is 0 Å². The van der Waals surface area contributed by atoms with Gasteiger partial charge in [0.2, 0.25) is 0 Å². The lowest BCUT2D eigenvalue weighted by Gasteiger charge is -2.09. The molecule has 3 rings (SSSR count). The summed E-state index contributed by atoms with van der Waals surface area (Å²) in [6.45, 7) is 0. The third-order valence-corrected chi connectivity index (χ3v) is 4.62. The van der Waals surface area contributed by atoms with Crippen LogP contribution in [0.4, 0.5) is 4.39 Å². The van der Waals surface area contributed by atoms with Crippen molar-refractivity contribution < 1.29 is 4.39 Å². The van der Waals surface area contributed by atoms with E-state index in [0.717, 1.165) is 26.1 Å². The molecule has 0 aliphatic carbocycles. The second-order valence-electron chi connectivity index (χ2n) is 4.54. The summed E-state index contributed by atoms with van der Waals surface area (Å²) < 4.78 is 17.4. The van der Waals surface area contributed by atoms with Gasteiger partial charge in [-0.3, -0.25) is 4.57 Å². The number of rotatable bonds is 3. The number of halogens is 4. The topological polar surface area (TPSA) is 17.8 Å². The standard InChI is InChI=1S/C15H10BrClFIN2/c16-11-7-13-14(8-12(11)18)21(15(20-13)4-5-17)10-3-1-2-9(19)6-10/h1-3,6-8H,4-5H2. The number of benzene rings is 2. The maximum absolute atomic E-state index is 13.9. The van der Waals surface area contributed by atoms with Crippen LogP contribution < -0.4 is 0 Å². The van der Waals surface area contributed by atoms with E-state index < -0.39 is 0 Å². The van der Waals surface area contributed by atoms with E-state index in [9.17, 15) is 4.39 Å². The molecular formula is C15H10BrClFIN2. The van der Waals surface area contributed by atoms with Gasteiger partial charge in [-0.25, -0.2) is 9.37 Å². The molecule has 2 nitrogen and oxygen atoms in total. The Morgan fingerprint density at radius 3 is 2.81 bits per heavy atom. The fourth-order valence-electron chi connectivity index (χ4n) is 2.28. The van der Waals surface area contributed by atoms with Gasteiger partial charge in [0.05, 0.1) is 15.5 Å². The first kappa shape index (κ1) is 15.2. The molecule has 0 spiro atoms. The van der Waals surface area contributed by atoms with E-state index in [1.807, 2.05) is 28.8 Å². The molecule has 6 heteroatoms. The number of hydrogen-bond acceptors (Lipinski definition) is 1. The number of alkyl halides is 1. The van der Waals surface area contributed by atoms with Crippen molar-refractivity contribution in [2.75, 3.05) is 5.88 Å². The lowest BCUT2D eigenvalue weighted by molar-refractivity contribution is 0.622. The van der Waals surface area contributed by atoms with Crippen LogP contribution in [-0.2, 0) is 6.42 Å². The molecule has 0 amide bonds. The number of nitrogens with zero attached hydrogens (tertiary/aromatic N) is 2. The summed E-state index contributed by atoms with van der Waals surface area (Å²) in [5.74, 6) is 1.00. The van der Waals surface area contributed by atoms with Gasteiger partial charge in [-0.1, -0.05) is 6.07 Å². The Labute approximate surface area is 148 Å². The average Bonchev–Trinajstić information content (AvgIpc) is 2.77. The Kier molecular flexibility index (Phi) is 4.51. The molecule has 1 aromatic heterocycles. The zero-order chi connectivity index (χ0) is 15.0. The van der Waals surface area contributed by atoms with Crippen molar-refractivity contribution in [1.29, 1.82) is 0 Å². The van der Waals surface area contributed by atoms with Crippen molar-refractivity contribution in [2.45, 2.75) is 6.42 Å². The van der Waals surface area contributed by atoms with Crippen LogP contribution in [-0.4, -0.2) is 15.4 Å². The zero-order valence-electron chi connectivity index (χ0n) is 10.8. The number of imidazole rings is 1. The minimum Gasteiger partial charge on any atom is -0.296 e. The molecule has 108 valence electrons. The summed E-state index contributed by atoms with van der Waals surface area (Å²) in [5, 5.41) is 0. The summed E-state index contributed by atoms with van der Waals surface area (Å²) in [5.41, 5.74) is 2.46. The van der Waals surface area contributed by atoms with Crippen LogP contribution in [0.15, 0.2) is 40.9 Å². The fraction of sp³-hybridized carbons (Fsp3) is 0.133. The minimum atomic E-state index is -0.299. The molecule has 21 heavy (non-hydrogen) atoms. The van der Waals surface area contributed by atoms with E-state index >= 15 is 0 Å². The van der Waals surface area contributed by atoms with Crippen LogP contribution >= 0.6 is 50.1 Å². The van der Waals surface area contributed by atoms with Gasteiger partial charge in [-0.05, 0) is 62.8 Å². The van der Waals surface area contributed by atoms with Gasteiger partial charge in [0.15, 0.2) is 0 Å². The molecule has 3 aromatic rings. The second-order valence-corrected chi connectivity index (χ2v) is 7.02. The molecule has 0 aliphatic heterocycles. The van der Waals surface area contributed by atoms with Crippen molar-refractivity contribution in [3.05, 3.63) is 56.1 Å². The van der Waals surface area contributed by atoms with E-state index in [1.165, 1.54) is 6.07 Å². The molecule has 0 fully saturated rings. The first-order valence-electron chi connectivity index (χ1n) is 6.28. The third kappa shape index (κ3) is 2.96. The van der Waals surface area contributed by atoms with Crippen molar-refractivity contribution in [3.8, 4) is 5.69 Å². The molecule has 2 aromatic carbocycles. The van der Waals surface area contributed by atoms with Crippen molar-refractivity contribution in [1.82, 2.24) is 9.55 Å². The van der Waals surface area contributed by atoms with Crippen LogP contribution in [0.5, 0.6) is 0 Å². The first-order valence-corrected chi connectivity index (χ1v) is 8.69. The Morgan fingerprint density at radius 1 is 1.29 bits per heavy atom. The van der Waals surface area contributed by atoms with Crippen LogP contribution in [0.3, 0.4) is 0 Å². The largest absolute Gasteiger partial charge is 0.296 e. The zero-order valence-corrected chi connectivity index (χ0v) is 15.3. The normalized spacial score (nSPS) is 11.2. The highest BCUT2D eigenvalue weighted by molar-refractivity contribution is 14.1. The van der Waals surface area contributed by atoms with Crippen molar-refractivity contribution >= 4 is 61.2 Å². The van der Waals surface area contributed by atoms with Gasteiger partial charge in [0.1, 0.15) is 11.6 Å². The molecule has 0 aliphatic rings. The van der Waals surface area contributed by atoms with Crippen LogP contribution in [0.1, 0.15) is 5.82 Å². The Hall–Kier alpha value is -0.660. The molecule has 0 saturated carbocycles. The fourth-order valence-corrected chi connectivity index (χ4v) is 3.31. The van der Waals surface area contributed by atoms with E-state index in [-0.39, 0.29) is 5.82 Å². The quantitative estimate of drug-likeness (QED) is 0.368. The summed E-state index contributed by atoms with van der Waals surface area (Å²) in [7, 11) is 0. The first-order chi connectivity index (χ1) is 10.1. The molecule has 0 N–H and O–H groups in total. The molecule has 0 saturated heterocycles. The van der Waals surface area contributed by atoms with Gasteiger partial charge in [-0.2, -0.15) is 0 Å². The van der Waals surface area contributed by atoms with Gasteiger partial charge >= 0.3 is 0 Å². The SMILES string of the molecule is Fc1cc2c(cc1Br)nc(CCCl)n2-c1cccc(I)c1. The monoisotopic (exact) mass is 478 g/mol. The third-order valence-electron chi connectivity index (χ3n) is 3.15. The average molecular weight is 480 g/mol. The highest BCUT2D eigenvalue weighted by atomic mass is 127. The predicted molar refractivity (Wildman–Crippen MR) is 95.9 cm³/mol. The summed E-state index contributed by atoms with van der Waals surface area (Å²) in [4.78, 5) is 4.59. The lowest BCUT2D eigenvalue weighted by atomic mass is 10.2. The predicted octanol–water partition coefficient (Wildman–Crippen LogP) is 5.31. The Morgan fingerprint density at radius 2 is 2.10 bits per heavy atom. The Balaban J connectivity index is 2.32. The smallest absolute Gasteiger partial charge is 0.139 e.